The highest BCUT2D eigenvalue weighted by Gasteiger charge is 2.23. The first-order valence-electron chi connectivity index (χ1n) is 8.91. The van der Waals surface area contributed by atoms with E-state index in [2.05, 4.69) is 29.2 Å². The van der Waals surface area contributed by atoms with Gasteiger partial charge in [0.05, 0.1) is 0 Å². The molecule has 1 aliphatic rings. The van der Waals surface area contributed by atoms with Crippen LogP contribution in [-0.2, 0) is 0 Å². The molecule has 0 aromatic heterocycles. The molecular weight excluding hydrogens is 344 g/mol. The maximum absolute atomic E-state index is 12.7. The maximum atomic E-state index is 12.7. The lowest BCUT2D eigenvalue weighted by atomic mass is 10.1. The van der Waals surface area contributed by atoms with Crippen LogP contribution < -0.4 is 4.90 Å². The van der Waals surface area contributed by atoms with Gasteiger partial charge in [0.2, 0.25) is 0 Å². The number of aryl methyl sites for hydroxylation is 1. The Morgan fingerprint density at radius 3 is 2.38 bits per heavy atom. The summed E-state index contributed by atoms with van der Waals surface area (Å²) >= 11 is 6.12. The lowest BCUT2D eigenvalue weighted by molar-refractivity contribution is 0.0747. The number of carbonyl (C=O) groups is 1. The molecule has 1 aliphatic heterocycles. The van der Waals surface area contributed by atoms with E-state index in [1.165, 1.54) is 16.6 Å². The summed E-state index contributed by atoms with van der Waals surface area (Å²) in [5.74, 6) is 0.120. The highest BCUT2D eigenvalue weighted by molar-refractivity contribution is 6.31. The number of benzene rings is 3. The van der Waals surface area contributed by atoms with Crippen molar-refractivity contribution in [3.63, 3.8) is 0 Å². The van der Waals surface area contributed by atoms with E-state index in [9.17, 15) is 4.79 Å². The molecule has 0 unspecified atom stereocenters. The molecule has 0 N–H and O–H groups in total. The molecule has 3 aromatic rings. The fourth-order valence-electron chi connectivity index (χ4n) is 3.54. The molecule has 0 radical (unpaired) electrons. The van der Waals surface area contributed by atoms with E-state index in [-0.39, 0.29) is 5.91 Å². The van der Waals surface area contributed by atoms with Crippen LogP contribution in [-0.4, -0.2) is 37.0 Å². The van der Waals surface area contributed by atoms with Crippen LogP contribution in [0.5, 0.6) is 0 Å². The van der Waals surface area contributed by atoms with Gasteiger partial charge in [0, 0.05) is 47.8 Å². The monoisotopic (exact) mass is 364 g/mol. The highest BCUT2D eigenvalue weighted by atomic mass is 35.5. The van der Waals surface area contributed by atoms with Crippen LogP contribution in [0.15, 0.2) is 60.7 Å². The minimum atomic E-state index is 0.120. The van der Waals surface area contributed by atoms with Gasteiger partial charge in [-0.1, -0.05) is 47.5 Å². The summed E-state index contributed by atoms with van der Waals surface area (Å²) in [6.45, 7) is 5.16. The van der Waals surface area contributed by atoms with Gasteiger partial charge in [-0.25, -0.2) is 0 Å². The number of piperazine rings is 1. The van der Waals surface area contributed by atoms with Gasteiger partial charge < -0.3 is 9.80 Å². The molecule has 0 saturated carbocycles. The SMILES string of the molecule is Cc1ccc(C(=O)N2CCN(c3cccc4cc(Cl)ccc34)CC2)cc1. The van der Waals surface area contributed by atoms with Crippen molar-refractivity contribution in [2.45, 2.75) is 6.92 Å². The fraction of sp³-hybridized carbons (Fsp3) is 0.227. The normalized spacial score (nSPS) is 14.7. The molecule has 4 heteroatoms. The summed E-state index contributed by atoms with van der Waals surface area (Å²) in [6, 6.07) is 20.1. The topological polar surface area (TPSA) is 23.6 Å². The van der Waals surface area contributed by atoms with Crippen LogP contribution in [0.2, 0.25) is 5.02 Å². The number of rotatable bonds is 2. The Kier molecular flexibility index (Phi) is 4.56. The van der Waals surface area contributed by atoms with Gasteiger partial charge in [0.1, 0.15) is 0 Å². The number of carbonyl (C=O) groups excluding carboxylic acids is 1. The number of nitrogens with zero attached hydrogens (tertiary/aromatic N) is 2. The Bertz CT molecular complexity index is 944. The van der Waals surface area contributed by atoms with Crippen molar-refractivity contribution in [1.82, 2.24) is 4.90 Å². The summed E-state index contributed by atoms with van der Waals surface area (Å²) in [7, 11) is 0. The van der Waals surface area contributed by atoms with Crippen LogP contribution in [0.3, 0.4) is 0 Å². The quantitative estimate of drug-likeness (QED) is 0.654. The van der Waals surface area contributed by atoms with E-state index in [1.807, 2.05) is 48.2 Å². The lowest BCUT2D eigenvalue weighted by Gasteiger charge is -2.36. The van der Waals surface area contributed by atoms with E-state index < -0.39 is 0 Å². The third kappa shape index (κ3) is 3.27. The van der Waals surface area contributed by atoms with Crippen LogP contribution >= 0.6 is 11.6 Å². The second-order valence-electron chi connectivity index (χ2n) is 6.79. The van der Waals surface area contributed by atoms with Crippen molar-refractivity contribution in [2.24, 2.45) is 0 Å². The fourth-order valence-corrected chi connectivity index (χ4v) is 3.72. The largest absolute Gasteiger partial charge is 0.367 e. The average Bonchev–Trinajstić information content (AvgIpc) is 2.67. The van der Waals surface area contributed by atoms with Crippen molar-refractivity contribution >= 4 is 34.0 Å². The van der Waals surface area contributed by atoms with E-state index in [0.29, 0.717) is 0 Å². The number of hydrogen-bond donors (Lipinski definition) is 0. The maximum Gasteiger partial charge on any atom is 0.253 e. The van der Waals surface area contributed by atoms with E-state index >= 15 is 0 Å². The van der Waals surface area contributed by atoms with Crippen LogP contribution in [0.25, 0.3) is 10.8 Å². The second kappa shape index (κ2) is 7.00. The van der Waals surface area contributed by atoms with Crippen LogP contribution in [0.1, 0.15) is 15.9 Å². The van der Waals surface area contributed by atoms with Crippen molar-refractivity contribution < 1.29 is 4.79 Å². The van der Waals surface area contributed by atoms with Crippen molar-refractivity contribution in [2.75, 3.05) is 31.1 Å². The molecule has 1 fully saturated rings. The third-order valence-corrected chi connectivity index (χ3v) is 5.26. The Balaban J connectivity index is 1.50. The van der Waals surface area contributed by atoms with Gasteiger partial charge in [0.25, 0.3) is 5.91 Å². The Morgan fingerprint density at radius 2 is 1.65 bits per heavy atom. The molecule has 1 saturated heterocycles. The van der Waals surface area contributed by atoms with Gasteiger partial charge in [-0.15, -0.1) is 0 Å². The van der Waals surface area contributed by atoms with E-state index in [4.69, 9.17) is 11.6 Å². The van der Waals surface area contributed by atoms with E-state index in [0.717, 1.165) is 42.2 Å². The molecule has 0 spiro atoms. The zero-order valence-corrected chi connectivity index (χ0v) is 15.5. The standard InChI is InChI=1S/C22H21ClN2O/c1-16-5-7-17(8-6-16)22(26)25-13-11-24(12-14-25)21-4-2-3-18-15-19(23)9-10-20(18)21/h2-10,15H,11-14H2,1H3. The molecular formula is C22H21ClN2O. The van der Waals surface area contributed by atoms with Gasteiger partial charge in [-0.3, -0.25) is 4.79 Å². The zero-order valence-electron chi connectivity index (χ0n) is 14.8. The Labute approximate surface area is 158 Å². The molecule has 0 bridgehead atoms. The molecule has 1 amide bonds. The van der Waals surface area contributed by atoms with Crippen LogP contribution in [0, 0.1) is 6.92 Å². The van der Waals surface area contributed by atoms with Crippen LogP contribution in [0.4, 0.5) is 5.69 Å². The number of fused-ring (bicyclic) bond motifs is 1. The summed E-state index contributed by atoms with van der Waals surface area (Å²) in [4.78, 5) is 17.0. The Hall–Kier alpha value is -2.52. The van der Waals surface area contributed by atoms with Crippen molar-refractivity contribution in [3.05, 3.63) is 76.8 Å². The number of amides is 1. The zero-order chi connectivity index (χ0) is 18.1. The molecule has 26 heavy (non-hydrogen) atoms. The molecule has 3 nitrogen and oxygen atoms in total. The molecule has 0 aliphatic carbocycles. The second-order valence-corrected chi connectivity index (χ2v) is 7.22. The Morgan fingerprint density at radius 1 is 0.923 bits per heavy atom. The van der Waals surface area contributed by atoms with Crippen molar-refractivity contribution in [3.8, 4) is 0 Å². The predicted molar refractivity (Wildman–Crippen MR) is 108 cm³/mol. The minimum absolute atomic E-state index is 0.120. The molecule has 3 aromatic carbocycles. The minimum Gasteiger partial charge on any atom is -0.367 e. The summed E-state index contributed by atoms with van der Waals surface area (Å²) in [5, 5.41) is 3.10. The first-order valence-corrected chi connectivity index (χ1v) is 9.29. The first kappa shape index (κ1) is 16.9. The van der Waals surface area contributed by atoms with Gasteiger partial charge in [-0.2, -0.15) is 0 Å². The molecule has 4 rings (SSSR count). The average molecular weight is 365 g/mol. The predicted octanol–water partition coefficient (Wildman–Crippen LogP) is 4.76. The summed E-state index contributed by atoms with van der Waals surface area (Å²) in [5.41, 5.74) is 3.15. The van der Waals surface area contributed by atoms with Gasteiger partial charge in [0.15, 0.2) is 0 Å². The number of halogens is 1. The number of hydrogen-bond acceptors (Lipinski definition) is 2. The lowest BCUT2D eigenvalue weighted by Crippen LogP contribution is -2.48. The van der Waals surface area contributed by atoms with Crippen molar-refractivity contribution in [1.29, 1.82) is 0 Å². The summed E-state index contributed by atoms with van der Waals surface area (Å²) < 4.78 is 0. The first-order chi connectivity index (χ1) is 12.6. The summed E-state index contributed by atoms with van der Waals surface area (Å²) in [6.07, 6.45) is 0. The highest BCUT2D eigenvalue weighted by Crippen LogP contribution is 2.29. The van der Waals surface area contributed by atoms with E-state index in [1.54, 1.807) is 0 Å². The van der Waals surface area contributed by atoms with Gasteiger partial charge >= 0.3 is 0 Å². The molecule has 0 atom stereocenters. The van der Waals surface area contributed by atoms with Gasteiger partial charge in [-0.05, 0) is 42.6 Å². The smallest absolute Gasteiger partial charge is 0.253 e. The molecule has 1 heterocycles. The molecule has 132 valence electrons. The number of anilines is 1. The third-order valence-electron chi connectivity index (χ3n) is 5.03.